The second-order valence-electron chi connectivity index (χ2n) is 12.6. The van der Waals surface area contributed by atoms with Crippen LogP contribution >= 0.6 is 11.3 Å². The second-order valence-corrected chi connectivity index (χ2v) is 15.5. The second kappa shape index (κ2) is 14.2. The molecule has 1 atom stereocenters. The topological polar surface area (TPSA) is 105 Å². The van der Waals surface area contributed by atoms with Gasteiger partial charge in [0, 0.05) is 38.3 Å². The Hall–Kier alpha value is -2.60. The number of carbonyl (C=O) groups excluding carboxylic acids is 1. The number of nitrogens with zero attached hydrogens (tertiary/aromatic N) is 4. The summed E-state index contributed by atoms with van der Waals surface area (Å²) >= 11 is 1.32. The van der Waals surface area contributed by atoms with Crippen LogP contribution in [0.25, 0.3) is 10.3 Å². The van der Waals surface area contributed by atoms with E-state index in [0.29, 0.717) is 51.3 Å². The third-order valence-electron chi connectivity index (χ3n) is 9.81. The number of hydrogen-bond donors (Lipinski definition) is 1. The fourth-order valence-corrected chi connectivity index (χ4v) is 9.52. The molecule has 11 heteroatoms. The summed E-state index contributed by atoms with van der Waals surface area (Å²) in [6.07, 6.45) is 14.4. The maximum Gasteiger partial charge on any atom is 0.243 e. The molecule has 2 aromatic heterocycles. The lowest BCUT2D eigenvalue weighted by Gasteiger charge is -2.39. The number of rotatable bonds is 9. The Morgan fingerprint density at radius 2 is 1.57 bits per heavy atom. The van der Waals surface area contributed by atoms with Gasteiger partial charge in [0.1, 0.15) is 10.3 Å². The van der Waals surface area contributed by atoms with Gasteiger partial charge in [0.05, 0.1) is 17.9 Å². The highest BCUT2D eigenvalue weighted by Gasteiger charge is 2.32. The Balaban J connectivity index is 1.14. The number of benzene rings is 1. The minimum absolute atomic E-state index is 0.121. The molecule has 9 nitrogen and oxygen atoms in total. The van der Waals surface area contributed by atoms with Crippen LogP contribution in [0.5, 0.6) is 5.88 Å². The van der Waals surface area contributed by atoms with Crippen molar-refractivity contribution in [1.29, 1.82) is 0 Å². The van der Waals surface area contributed by atoms with Crippen molar-refractivity contribution in [2.45, 2.75) is 93.9 Å². The summed E-state index contributed by atoms with van der Waals surface area (Å²) < 4.78 is 34.2. The first kappa shape index (κ1) is 31.4. The van der Waals surface area contributed by atoms with Gasteiger partial charge in [-0.2, -0.15) is 4.31 Å². The van der Waals surface area contributed by atoms with Crippen molar-refractivity contribution < 1.29 is 17.9 Å². The molecule has 0 radical (unpaired) electrons. The lowest BCUT2D eigenvalue weighted by Crippen LogP contribution is -2.52. The number of carbonyl (C=O) groups is 1. The van der Waals surface area contributed by atoms with E-state index in [-0.39, 0.29) is 5.91 Å². The molecule has 3 aliphatic rings. The van der Waals surface area contributed by atoms with Crippen molar-refractivity contribution in [2.24, 2.45) is 5.92 Å². The largest absolute Gasteiger partial charge is 0.481 e. The summed E-state index contributed by atoms with van der Waals surface area (Å²) in [4.78, 5) is 26.2. The van der Waals surface area contributed by atoms with Gasteiger partial charge in [-0.25, -0.2) is 18.4 Å². The molecule has 1 unspecified atom stereocenters. The molecule has 1 saturated heterocycles. The van der Waals surface area contributed by atoms with Gasteiger partial charge < -0.3 is 10.1 Å². The minimum atomic E-state index is -3.60. The number of pyridine rings is 1. The molecule has 238 valence electrons. The van der Waals surface area contributed by atoms with Crippen LogP contribution in [0.1, 0.15) is 88.5 Å². The van der Waals surface area contributed by atoms with Crippen molar-refractivity contribution >= 4 is 42.7 Å². The zero-order valence-electron chi connectivity index (χ0n) is 25.7. The fourth-order valence-electron chi connectivity index (χ4n) is 7.26. The molecule has 2 saturated carbocycles. The average Bonchev–Trinajstić information content (AvgIpc) is 3.69. The summed E-state index contributed by atoms with van der Waals surface area (Å²) in [7, 11) is -2.03. The van der Waals surface area contributed by atoms with Crippen LogP contribution in [0, 0.1) is 5.92 Å². The number of piperazine rings is 1. The van der Waals surface area contributed by atoms with Gasteiger partial charge in [0.15, 0.2) is 5.13 Å². The molecule has 3 aromatic rings. The van der Waals surface area contributed by atoms with Crippen LogP contribution in [-0.2, 0) is 14.8 Å². The first-order chi connectivity index (χ1) is 21.4. The molecule has 6 rings (SSSR count). The highest BCUT2D eigenvalue weighted by Crippen LogP contribution is 2.36. The van der Waals surface area contributed by atoms with E-state index >= 15 is 0 Å². The van der Waals surface area contributed by atoms with E-state index in [1.54, 1.807) is 29.6 Å². The fraction of sp³-hybridized carbons (Fsp3) is 0.606. The lowest BCUT2D eigenvalue weighted by molar-refractivity contribution is -0.118. The van der Waals surface area contributed by atoms with Crippen LogP contribution in [0.3, 0.4) is 0 Å². The van der Waals surface area contributed by atoms with Crippen LogP contribution in [0.2, 0.25) is 0 Å². The van der Waals surface area contributed by atoms with E-state index in [1.807, 2.05) is 18.2 Å². The maximum atomic E-state index is 13.7. The summed E-state index contributed by atoms with van der Waals surface area (Å²) in [5, 5.41) is 3.53. The normalized spacial score (nSPS) is 20.8. The summed E-state index contributed by atoms with van der Waals surface area (Å²) in [5.74, 6) is 0.468. The van der Waals surface area contributed by atoms with E-state index in [9.17, 15) is 13.2 Å². The quantitative estimate of drug-likeness (QED) is 0.288. The Morgan fingerprint density at radius 3 is 2.25 bits per heavy atom. The number of nitrogens with one attached hydrogen (secondary N) is 1. The molecule has 0 spiro atoms. The first-order valence-electron chi connectivity index (χ1n) is 16.4. The van der Waals surface area contributed by atoms with Gasteiger partial charge in [-0.05, 0) is 48.9 Å². The predicted octanol–water partition coefficient (Wildman–Crippen LogP) is 6.42. The van der Waals surface area contributed by atoms with Crippen LogP contribution < -0.4 is 10.1 Å². The summed E-state index contributed by atoms with van der Waals surface area (Å²) in [5.41, 5.74) is 1.54. The number of sulfonamides is 1. The first-order valence-corrected chi connectivity index (χ1v) is 18.6. The van der Waals surface area contributed by atoms with Crippen molar-refractivity contribution in [1.82, 2.24) is 19.2 Å². The van der Waals surface area contributed by atoms with Crippen molar-refractivity contribution in [3.05, 3.63) is 42.0 Å². The molecule has 1 aliphatic heterocycles. The lowest BCUT2D eigenvalue weighted by atomic mass is 9.87. The maximum absolute atomic E-state index is 13.7. The number of hydrogen-bond acceptors (Lipinski definition) is 8. The number of anilines is 1. The monoisotopic (exact) mass is 639 g/mol. The van der Waals surface area contributed by atoms with E-state index in [4.69, 9.17) is 4.74 Å². The van der Waals surface area contributed by atoms with E-state index in [1.165, 1.54) is 69.1 Å². The Kier molecular flexibility index (Phi) is 10.1. The van der Waals surface area contributed by atoms with Gasteiger partial charge >= 0.3 is 0 Å². The highest BCUT2D eigenvalue weighted by molar-refractivity contribution is 7.89. The van der Waals surface area contributed by atoms with E-state index < -0.39 is 15.9 Å². The van der Waals surface area contributed by atoms with Crippen molar-refractivity contribution in [3.8, 4) is 5.88 Å². The molecular formula is C33H45N5O4S2. The molecule has 1 aromatic carbocycles. The number of methoxy groups -OCH3 is 1. The van der Waals surface area contributed by atoms with Gasteiger partial charge in [-0.15, -0.1) is 0 Å². The molecule has 44 heavy (non-hydrogen) atoms. The third kappa shape index (κ3) is 7.27. The smallest absolute Gasteiger partial charge is 0.243 e. The number of amides is 1. The van der Waals surface area contributed by atoms with Crippen molar-refractivity contribution in [3.63, 3.8) is 0 Å². The molecular weight excluding hydrogens is 595 g/mol. The Morgan fingerprint density at radius 1 is 0.909 bits per heavy atom. The zero-order chi connectivity index (χ0) is 30.5. The Labute approximate surface area is 265 Å². The average molecular weight is 640 g/mol. The van der Waals surface area contributed by atoms with Gasteiger partial charge in [-0.1, -0.05) is 81.3 Å². The van der Waals surface area contributed by atoms with Crippen LogP contribution in [0.15, 0.2) is 41.3 Å². The standard InChI is InChI=1S/C33H45N5O4S2/c1-42-30-18-17-29-32(35-30)43-33(34-29)36-31(39)28(23-24-9-7-8-10-24)25-13-15-27(16-14-25)44(40,41)38-21-19-37(20-22-38)26-11-5-3-2-4-6-12-26/h13-18,24,26,28H,2-12,19-23H2,1H3,(H,34,36,39). The SMILES string of the molecule is COc1ccc2nc(NC(=O)C(CC3CCCC3)c3ccc(S(=O)(=O)N4CCN(C5CCCCCCC5)CC4)cc3)sc2n1. The molecule has 2 aliphatic carbocycles. The van der Waals surface area contributed by atoms with Crippen molar-refractivity contribution in [2.75, 3.05) is 38.6 Å². The zero-order valence-corrected chi connectivity index (χ0v) is 27.4. The summed E-state index contributed by atoms with van der Waals surface area (Å²) in [6.45, 7) is 2.63. The third-order valence-corrected chi connectivity index (χ3v) is 12.6. The molecule has 3 fully saturated rings. The molecule has 1 N–H and O–H groups in total. The van der Waals surface area contributed by atoms with Crippen LogP contribution in [-0.4, -0.2) is 72.8 Å². The van der Waals surface area contributed by atoms with Gasteiger partial charge in [0.2, 0.25) is 21.8 Å². The number of ether oxygens (including phenoxy) is 1. The molecule has 3 heterocycles. The minimum Gasteiger partial charge on any atom is -0.481 e. The Bertz CT molecular complexity index is 1500. The van der Waals surface area contributed by atoms with E-state index in [2.05, 4.69) is 20.2 Å². The number of thiazole rings is 1. The predicted molar refractivity (Wildman–Crippen MR) is 175 cm³/mol. The molecule has 0 bridgehead atoms. The van der Waals surface area contributed by atoms with E-state index in [0.717, 1.165) is 37.9 Å². The number of aromatic nitrogens is 2. The molecule has 1 amide bonds. The summed E-state index contributed by atoms with van der Waals surface area (Å²) in [6, 6.07) is 11.2. The van der Waals surface area contributed by atoms with Gasteiger partial charge in [-0.3, -0.25) is 9.69 Å². The van der Waals surface area contributed by atoms with Gasteiger partial charge in [0.25, 0.3) is 0 Å². The highest BCUT2D eigenvalue weighted by atomic mass is 32.2. The van der Waals surface area contributed by atoms with Crippen LogP contribution in [0.4, 0.5) is 5.13 Å². The number of fused-ring (bicyclic) bond motifs is 1.